The van der Waals surface area contributed by atoms with E-state index in [9.17, 15) is 14.3 Å². The highest BCUT2D eigenvalue weighted by molar-refractivity contribution is 5.91. The highest BCUT2D eigenvalue weighted by Gasteiger charge is 2.31. The lowest BCUT2D eigenvalue weighted by Gasteiger charge is -2.34. The molecule has 1 unspecified atom stereocenters. The molecular formula is C28H31ClFNO4. The Morgan fingerprint density at radius 2 is 1.91 bits per heavy atom. The number of aryl methyl sites for hydroxylation is 1. The summed E-state index contributed by atoms with van der Waals surface area (Å²) in [5.74, 6) is -0.117. The fourth-order valence-corrected chi connectivity index (χ4v) is 4.84. The number of carbonyl (C=O) groups is 1. The van der Waals surface area contributed by atoms with Gasteiger partial charge in [0, 0.05) is 18.0 Å². The second-order valence-electron chi connectivity index (χ2n) is 8.77. The van der Waals surface area contributed by atoms with Crippen LogP contribution in [0.2, 0.25) is 0 Å². The van der Waals surface area contributed by atoms with E-state index in [0.29, 0.717) is 18.7 Å². The number of ether oxygens (including phenoxy) is 2. The highest BCUT2D eigenvalue weighted by Crippen LogP contribution is 2.42. The zero-order valence-corrected chi connectivity index (χ0v) is 21.0. The van der Waals surface area contributed by atoms with Gasteiger partial charge >= 0.3 is 5.97 Å². The Bertz CT molecular complexity index is 1200. The quantitative estimate of drug-likeness (QED) is 0.390. The number of carboxylic acids is 1. The molecule has 2 atom stereocenters. The van der Waals surface area contributed by atoms with Gasteiger partial charge in [-0.1, -0.05) is 36.4 Å². The van der Waals surface area contributed by atoms with Crippen LogP contribution in [0, 0.1) is 19.7 Å². The van der Waals surface area contributed by atoms with Crippen molar-refractivity contribution in [2.24, 2.45) is 0 Å². The van der Waals surface area contributed by atoms with Crippen molar-refractivity contribution in [3.8, 4) is 11.5 Å². The second-order valence-corrected chi connectivity index (χ2v) is 8.77. The van der Waals surface area contributed by atoms with Gasteiger partial charge in [0.1, 0.15) is 11.9 Å². The van der Waals surface area contributed by atoms with E-state index in [-0.39, 0.29) is 36.0 Å². The summed E-state index contributed by atoms with van der Waals surface area (Å²) in [6, 6.07) is 16.8. The van der Waals surface area contributed by atoms with Gasteiger partial charge in [0.2, 0.25) is 0 Å². The number of carboxylic acid groups (broad SMARTS) is 1. The van der Waals surface area contributed by atoms with Crippen molar-refractivity contribution in [3.05, 3.63) is 93.8 Å². The Morgan fingerprint density at radius 1 is 1.14 bits per heavy atom. The maximum atomic E-state index is 13.6. The van der Waals surface area contributed by atoms with E-state index in [1.54, 1.807) is 12.1 Å². The molecule has 0 fully saturated rings. The first-order valence-corrected chi connectivity index (χ1v) is 11.5. The van der Waals surface area contributed by atoms with Crippen molar-refractivity contribution in [2.45, 2.75) is 38.7 Å². The van der Waals surface area contributed by atoms with Crippen LogP contribution in [0.15, 0.2) is 54.6 Å². The van der Waals surface area contributed by atoms with Crippen molar-refractivity contribution in [1.29, 1.82) is 0 Å². The lowest BCUT2D eigenvalue weighted by molar-refractivity contribution is 0.0695. The molecule has 0 radical (unpaired) electrons. The molecule has 0 aliphatic carbocycles. The summed E-state index contributed by atoms with van der Waals surface area (Å²) in [4.78, 5) is 11.9. The van der Waals surface area contributed by atoms with Crippen LogP contribution in [0.4, 0.5) is 4.39 Å². The molecule has 0 aromatic heterocycles. The highest BCUT2D eigenvalue weighted by atomic mass is 35.5. The Balaban J connectivity index is 0.00000342. The molecule has 0 saturated carbocycles. The number of benzene rings is 3. The van der Waals surface area contributed by atoms with Crippen molar-refractivity contribution in [1.82, 2.24) is 5.32 Å². The lowest BCUT2D eigenvalue weighted by atomic mass is 9.80. The number of halogens is 2. The maximum Gasteiger partial charge on any atom is 0.336 e. The molecule has 186 valence electrons. The van der Waals surface area contributed by atoms with E-state index in [1.807, 2.05) is 38.1 Å². The van der Waals surface area contributed by atoms with Gasteiger partial charge in [-0.2, -0.15) is 0 Å². The van der Waals surface area contributed by atoms with Gasteiger partial charge in [-0.15, -0.1) is 12.4 Å². The number of fused-ring (bicyclic) bond motifs is 1. The number of hydrogen-bond donors (Lipinski definition) is 2. The van der Waals surface area contributed by atoms with E-state index in [2.05, 4.69) is 17.4 Å². The molecular weight excluding hydrogens is 469 g/mol. The van der Waals surface area contributed by atoms with E-state index < -0.39 is 5.97 Å². The standard InChI is InChI=1S/C28H30FNO4.ClH/c1-17-8-10-21(18(2)27(17)28(31)32)23-15-20(34-25-7-5-4-6-22(23)25)16-30-13-12-19-9-11-24(29)26(14-19)33-3;/h4-11,14,20,23,30H,12-13,15-16H2,1-3H3,(H,31,32);1H/t20-,23?;/m1./s1. The Labute approximate surface area is 211 Å². The molecule has 3 aromatic carbocycles. The molecule has 5 nitrogen and oxygen atoms in total. The van der Waals surface area contributed by atoms with Gasteiger partial charge in [-0.25, -0.2) is 9.18 Å². The number of rotatable bonds is 8. The average molecular weight is 500 g/mol. The predicted octanol–water partition coefficient (Wildman–Crippen LogP) is 5.69. The van der Waals surface area contributed by atoms with Crippen LogP contribution in [0.5, 0.6) is 11.5 Å². The first-order valence-electron chi connectivity index (χ1n) is 11.5. The summed E-state index contributed by atoms with van der Waals surface area (Å²) in [7, 11) is 1.46. The first-order chi connectivity index (χ1) is 16.4. The van der Waals surface area contributed by atoms with Crippen LogP contribution >= 0.6 is 12.4 Å². The van der Waals surface area contributed by atoms with Crippen molar-refractivity contribution >= 4 is 18.4 Å². The number of nitrogens with one attached hydrogen (secondary N) is 1. The third-order valence-electron chi connectivity index (χ3n) is 6.57. The fourth-order valence-electron chi connectivity index (χ4n) is 4.84. The maximum absolute atomic E-state index is 13.6. The summed E-state index contributed by atoms with van der Waals surface area (Å²) < 4.78 is 25.0. The minimum atomic E-state index is -0.896. The predicted molar refractivity (Wildman–Crippen MR) is 137 cm³/mol. The molecule has 35 heavy (non-hydrogen) atoms. The first kappa shape index (κ1) is 26.5. The smallest absolute Gasteiger partial charge is 0.336 e. The Hall–Kier alpha value is -3.09. The molecule has 2 N–H and O–H groups in total. The molecule has 3 aromatic rings. The largest absolute Gasteiger partial charge is 0.494 e. The molecule has 0 bridgehead atoms. The van der Waals surface area contributed by atoms with E-state index in [4.69, 9.17) is 9.47 Å². The lowest BCUT2D eigenvalue weighted by Crippen LogP contribution is -2.36. The van der Waals surface area contributed by atoms with Gasteiger partial charge in [0.05, 0.1) is 12.7 Å². The van der Waals surface area contributed by atoms with Crippen LogP contribution in [0.3, 0.4) is 0 Å². The number of methoxy groups -OCH3 is 1. The van der Waals surface area contributed by atoms with Crippen LogP contribution in [0.1, 0.15) is 50.5 Å². The summed E-state index contributed by atoms with van der Waals surface area (Å²) in [5, 5.41) is 13.2. The van der Waals surface area contributed by atoms with Crippen LogP contribution in [0.25, 0.3) is 0 Å². The van der Waals surface area contributed by atoms with Gasteiger partial charge in [0.25, 0.3) is 0 Å². The molecule has 7 heteroatoms. The zero-order valence-electron chi connectivity index (χ0n) is 20.1. The van der Waals surface area contributed by atoms with Crippen LogP contribution in [-0.4, -0.2) is 37.4 Å². The Kier molecular flexibility index (Phi) is 8.76. The number of hydrogen-bond acceptors (Lipinski definition) is 4. The summed E-state index contributed by atoms with van der Waals surface area (Å²) in [6.07, 6.45) is 1.43. The Morgan fingerprint density at radius 3 is 2.66 bits per heavy atom. The summed E-state index contributed by atoms with van der Waals surface area (Å²) >= 11 is 0. The molecule has 1 aliphatic rings. The van der Waals surface area contributed by atoms with Gasteiger partial charge in [-0.05, 0) is 73.7 Å². The minimum Gasteiger partial charge on any atom is -0.494 e. The van der Waals surface area contributed by atoms with E-state index >= 15 is 0 Å². The monoisotopic (exact) mass is 499 g/mol. The molecule has 1 heterocycles. The minimum absolute atomic E-state index is 0. The fraction of sp³-hybridized carbons (Fsp3) is 0.321. The molecule has 4 rings (SSSR count). The van der Waals surface area contributed by atoms with Crippen molar-refractivity contribution < 1.29 is 23.8 Å². The average Bonchev–Trinajstić information content (AvgIpc) is 2.82. The molecule has 0 amide bonds. The second kappa shape index (κ2) is 11.6. The third-order valence-corrected chi connectivity index (χ3v) is 6.57. The van der Waals surface area contributed by atoms with Crippen LogP contribution < -0.4 is 14.8 Å². The van der Waals surface area contributed by atoms with Crippen molar-refractivity contribution in [3.63, 3.8) is 0 Å². The number of para-hydroxylation sites is 1. The molecule has 0 saturated heterocycles. The molecule has 0 spiro atoms. The third kappa shape index (κ3) is 5.77. The molecule has 1 aliphatic heterocycles. The van der Waals surface area contributed by atoms with E-state index in [0.717, 1.165) is 46.4 Å². The SMILES string of the molecule is COc1cc(CCNC[C@H]2CC(c3ccc(C)c(C(=O)O)c3C)c3ccccc3O2)ccc1F.Cl. The summed E-state index contributed by atoms with van der Waals surface area (Å²) in [6.45, 7) is 5.10. The van der Waals surface area contributed by atoms with E-state index in [1.165, 1.54) is 13.2 Å². The van der Waals surface area contributed by atoms with Gasteiger partial charge < -0.3 is 19.9 Å². The summed E-state index contributed by atoms with van der Waals surface area (Å²) in [5.41, 5.74) is 5.07. The van der Waals surface area contributed by atoms with Gasteiger partial charge in [-0.3, -0.25) is 0 Å². The van der Waals surface area contributed by atoms with Crippen molar-refractivity contribution in [2.75, 3.05) is 20.2 Å². The topological polar surface area (TPSA) is 67.8 Å². The van der Waals surface area contributed by atoms with Gasteiger partial charge in [0.15, 0.2) is 11.6 Å². The number of aromatic carboxylic acids is 1. The van der Waals surface area contributed by atoms with Crippen LogP contribution in [-0.2, 0) is 6.42 Å². The zero-order chi connectivity index (χ0) is 24.2. The normalized spacial score (nSPS) is 16.6.